The van der Waals surface area contributed by atoms with Crippen molar-refractivity contribution in [3.05, 3.63) is 12.8 Å². The normalized spacial score (nSPS) is 20.4. The predicted molar refractivity (Wildman–Crippen MR) is 40.4 cm³/mol. The van der Waals surface area contributed by atoms with Gasteiger partial charge in [0.25, 0.3) is 0 Å². The number of likely N-dealkylation sites (tertiary alicyclic amines) is 1. The van der Waals surface area contributed by atoms with E-state index in [2.05, 4.69) is 6.58 Å². The van der Waals surface area contributed by atoms with E-state index in [1.165, 1.54) is 6.42 Å². The molecule has 56 valence electrons. The van der Waals surface area contributed by atoms with Crippen molar-refractivity contribution in [3.8, 4) is 0 Å². The van der Waals surface area contributed by atoms with Crippen LogP contribution in [0.15, 0.2) is 12.8 Å². The molecule has 1 rings (SSSR count). The van der Waals surface area contributed by atoms with Crippen molar-refractivity contribution < 1.29 is 4.79 Å². The summed E-state index contributed by atoms with van der Waals surface area (Å²) >= 11 is 0. The van der Waals surface area contributed by atoms with Crippen LogP contribution in [0.25, 0.3) is 0 Å². The molecule has 0 spiro atoms. The maximum Gasteiger partial charge on any atom is 0.226 e. The molecule has 0 unspecified atom stereocenters. The first kappa shape index (κ1) is 7.32. The fraction of sp³-hybridized carbons (Fsp3) is 0.625. The number of carbonyl (C=O) groups excluding carboxylic acids is 1. The second-order valence-corrected chi connectivity index (χ2v) is 2.58. The lowest BCUT2D eigenvalue weighted by Gasteiger charge is -2.13. The zero-order valence-electron chi connectivity index (χ0n) is 6.18. The fourth-order valence-corrected chi connectivity index (χ4v) is 1.20. The zero-order chi connectivity index (χ0) is 7.40. The van der Waals surface area contributed by atoms with Gasteiger partial charge in [-0.3, -0.25) is 4.79 Å². The minimum absolute atomic E-state index is 0.229. The highest BCUT2D eigenvalue weighted by molar-refractivity contribution is 5.77. The van der Waals surface area contributed by atoms with Gasteiger partial charge in [0, 0.05) is 13.0 Å². The summed E-state index contributed by atoms with van der Waals surface area (Å²) in [5.74, 6) is 0.229. The summed E-state index contributed by atoms with van der Waals surface area (Å²) in [6, 6.07) is 0. The molecule has 2 heteroatoms. The monoisotopic (exact) mass is 139 g/mol. The molecular formula is C8H13NO. The van der Waals surface area contributed by atoms with E-state index in [1.807, 2.05) is 0 Å². The van der Waals surface area contributed by atoms with Gasteiger partial charge >= 0.3 is 0 Å². The van der Waals surface area contributed by atoms with Crippen LogP contribution in [-0.4, -0.2) is 17.4 Å². The van der Waals surface area contributed by atoms with Gasteiger partial charge in [-0.1, -0.05) is 13.0 Å². The van der Waals surface area contributed by atoms with Gasteiger partial charge in [-0.15, -0.1) is 0 Å². The molecule has 0 aromatic rings. The molecule has 0 aliphatic carbocycles. The van der Waals surface area contributed by atoms with Crippen molar-refractivity contribution in [1.29, 1.82) is 0 Å². The van der Waals surface area contributed by atoms with Gasteiger partial charge < -0.3 is 4.90 Å². The van der Waals surface area contributed by atoms with E-state index in [0.29, 0.717) is 6.42 Å². The molecule has 10 heavy (non-hydrogen) atoms. The van der Waals surface area contributed by atoms with Crippen molar-refractivity contribution in [2.45, 2.75) is 25.7 Å². The number of hydrogen-bond acceptors (Lipinski definition) is 1. The Labute approximate surface area is 61.5 Å². The van der Waals surface area contributed by atoms with E-state index in [1.54, 1.807) is 11.1 Å². The highest BCUT2D eigenvalue weighted by atomic mass is 16.2. The first-order valence-corrected chi connectivity index (χ1v) is 3.76. The highest BCUT2D eigenvalue weighted by Crippen LogP contribution is 2.10. The van der Waals surface area contributed by atoms with Crippen LogP contribution < -0.4 is 0 Å². The SMILES string of the molecule is C=CN1CCCCCC1=O. The van der Waals surface area contributed by atoms with E-state index >= 15 is 0 Å². The molecule has 1 aliphatic rings. The third-order valence-electron chi connectivity index (χ3n) is 1.83. The Kier molecular flexibility index (Phi) is 2.49. The first-order valence-electron chi connectivity index (χ1n) is 3.76. The maximum absolute atomic E-state index is 11.1. The average Bonchev–Trinajstić information content (AvgIpc) is 2.13. The number of nitrogens with zero attached hydrogens (tertiary/aromatic N) is 1. The van der Waals surface area contributed by atoms with Crippen molar-refractivity contribution in [2.75, 3.05) is 6.54 Å². The van der Waals surface area contributed by atoms with E-state index in [-0.39, 0.29) is 5.91 Å². The van der Waals surface area contributed by atoms with Crippen molar-refractivity contribution in [2.24, 2.45) is 0 Å². The summed E-state index contributed by atoms with van der Waals surface area (Å²) < 4.78 is 0. The molecule has 0 atom stereocenters. The Bertz CT molecular complexity index is 142. The maximum atomic E-state index is 11.1. The molecule has 1 amide bonds. The molecule has 1 heterocycles. The first-order chi connectivity index (χ1) is 4.84. The van der Waals surface area contributed by atoms with Gasteiger partial charge in [0.1, 0.15) is 0 Å². The second-order valence-electron chi connectivity index (χ2n) is 2.58. The van der Waals surface area contributed by atoms with Crippen LogP contribution >= 0.6 is 0 Å². The van der Waals surface area contributed by atoms with Crippen LogP contribution in [0, 0.1) is 0 Å². The molecular weight excluding hydrogens is 126 g/mol. The minimum Gasteiger partial charge on any atom is -0.320 e. The summed E-state index contributed by atoms with van der Waals surface area (Å²) in [5, 5.41) is 0. The third-order valence-corrected chi connectivity index (χ3v) is 1.83. The summed E-state index contributed by atoms with van der Waals surface area (Å²) in [6.07, 6.45) is 5.68. The molecule has 0 saturated carbocycles. The van der Waals surface area contributed by atoms with Crippen LogP contribution in [0.5, 0.6) is 0 Å². The molecule has 0 bridgehead atoms. The minimum atomic E-state index is 0.229. The molecule has 1 aliphatic heterocycles. The van der Waals surface area contributed by atoms with Gasteiger partial charge in [-0.2, -0.15) is 0 Å². The van der Waals surface area contributed by atoms with Crippen molar-refractivity contribution in [3.63, 3.8) is 0 Å². The number of hydrogen-bond donors (Lipinski definition) is 0. The summed E-state index contributed by atoms with van der Waals surface area (Å²) in [5.41, 5.74) is 0. The van der Waals surface area contributed by atoms with Gasteiger partial charge in [0.15, 0.2) is 0 Å². The Hall–Kier alpha value is -0.790. The van der Waals surface area contributed by atoms with Crippen LogP contribution in [0.1, 0.15) is 25.7 Å². The number of carbonyl (C=O) groups is 1. The Morgan fingerprint density at radius 1 is 1.40 bits per heavy atom. The van der Waals surface area contributed by atoms with Crippen LogP contribution in [0.2, 0.25) is 0 Å². The number of rotatable bonds is 1. The molecule has 0 aromatic heterocycles. The smallest absolute Gasteiger partial charge is 0.226 e. The Morgan fingerprint density at radius 3 is 2.90 bits per heavy atom. The molecule has 1 fully saturated rings. The third kappa shape index (κ3) is 1.59. The largest absolute Gasteiger partial charge is 0.320 e. The van der Waals surface area contributed by atoms with Gasteiger partial charge in [0.05, 0.1) is 0 Å². The van der Waals surface area contributed by atoms with Crippen molar-refractivity contribution >= 4 is 5.91 Å². The Balaban J connectivity index is 2.51. The predicted octanol–water partition coefficient (Wildman–Crippen LogP) is 1.53. The van der Waals surface area contributed by atoms with E-state index in [0.717, 1.165) is 19.4 Å². The lowest BCUT2D eigenvalue weighted by Crippen LogP contribution is -2.23. The quantitative estimate of drug-likeness (QED) is 0.539. The summed E-state index contributed by atoms with van der Waals surface area (Å²) in [4.78, 5) is 12.8. The summed E-state index contributed by atoms with van der Waals surface area (Å²) in [7, 11) is 0. The molecule has 2 nitrogen and oxygen atoms in total. The van der Waals surface area contributed by atoms with Gasteiger partial charge in [0.2, 0.25) is 5.91 Å². The number of amides is 1. The topological polar surface area (TPSA) is 20.3 Å². The zero-order valence-corrected chi connectivity index (χ0v) is 6.18. The van der Waals surface area contributed by atoms with E-state index in [4.69, 9.17) is 0 Å². The lowest BCUT2D eigenvalue weighted by atomic mass is 10.2. The molecule has 0 radical (unpaired) electrons. The van der Waals surface area contributed by atoms with Crippen LogP contribution in [0.3, 0.4) is 0 Å². The van der Waals surface area contributed by atoms with Gasteiger partial charge in [-0.05, 0) is 19.0 Å². The highest BCUT2D eigenvalue weighted by Gasteiger charge is 2.12. The molecule has 0 N–H and O–H groups in total. The van der Waals surface area contributed by atoms with Crippen LogP contribution in [0.4, 0.5) is 0 Å². The van der Waals surface area contributed by atoms with Gasteiger partial charge in [-0.25, -0.2) is 0 Å². The molecule has 0 aromatic carbocycles. The van der Waals surface area contributed by atoms with E-state index < -0.39 is 0 Å². The lowest BCUT2D eigenvalue weighted by molar-refractivity contribution is -0.128. The Morgan fingerprint density at radius 2 is 2.20 bits per heavy atom. The molecule has 1 saturated heterocycles. The van der Waals surface area contributed by atoms with E-state index in [9.17, 15) is 4.79 Å². The standard InChI is InChI=1S/C8H13NO/c1-2-9-7-5-3-4-6-8(9)10/h2H,1,3-7H2. The summed E-state index contributed by atoms with van der Waals surface area (Å²) in [6.45, 7) is 4.44. The van der Waals surface area contributed by atoms with Crippen LogP contribution in [-0.2, 0) is 4.79 Å². The fourth-order valence-electron chi connectivity index (χ4n) is 1.20. The average molecular weight is 139 g/mol. The van der Waals surface area contributed by atoms with Crippen molar-refractivity contribution in [1.82, 2.24) is 4.90 Å². The second kappa shape index (κ2) is 3.40.